The molecule has 1 saturated carbocycles. The van der Waals surface area contributed by atoms with Crippen molar-refractivity contribution < 1.29 is 19.6 Å². The van der Waals surface area contributed by atoms with Gasteiger partial charge in [0, 0.05) is 6.54 Å². The number of nitrogens with zero attached hydrogens (tertiary/aromatic N) is 3. The van der Waals surface area contributed by atoms with Gasteiger partial charge in [-0.05, 0) is 30.9 Å². The molecule has 2 unspecified atom stereocenters. The Morgan fingerprint density at radius 3 is 2.83 bits per heavy atom. The zero-order valence-corrected chi connectivity index (χ0v) is 16.8. The van der Waals surface area contributed by atoms with E-state index in [-0.39, 0.29) is 23.5 Å². The van der Waals surface area contributed by atoms with Crippen molar-refractivity contribution in [2.75, 3.05) is 18.4 Å². The van der Waals surface area contributed by atoms with E-state index in [0.717, 1.165) is 25.7 Å². The van der Waals surface area contributed by atoms with Gasteiger partial charge in [-0.1, -0.05) is 43.4 Å². The van der Waals surface area contributed by atoms with Crippen molar-refractivity contribution >= 4 is 35.6 Å². The number of aromatic nitrogens is 1. The average molecular weight is 424 g/mol. The van der Waals surface area contributed by atoms with Crippen LogP contribution in [0.25, 0.3) is 0 Å². The van der Waals surface area contributed by atoms with E-state index >= 15 is 0 Å². The third kappa shape index (κ3) is 5.65. The second-order valence-corrected chi connectivity index (χ2v) is 7.95. The second kappa shape index (κ2) is 10.00. The fourth-order valence-corrected chi connectivity index (χ4v) is 4.26. The summed E-state index contributed by atoms with van der Waals surface area (Å²) >= 11 is 5.86. The number of hydrogen-bond donors (Lipinski definition) is 3. The summed E-state index contributed by atoms with van der Waals surface area (Å²) in [5.41, 5.74) is 2.97. The van der Waals surface area contributed by atoms with Crippen LogP contribution in [0.1, 0.15) is 38.5 Å². The van der Waals surface area contributed by atoms with Gasteiger partial charge in [0.2, 0.25) is 18.2 Å². The number of pyridine rings is 1. The predicted molar refractivity (Wildman–Crippen MR) is 106 cm³/mol. The molecule has 158 valence electrons. The molecule has 0 radical (unpaired) electrons. The van der Waals surface area contributed by atoms with E-state index in [9.17, 15) is 19.6 Å². The molecule has 9 nitrogen and oxygen atoms in total. The molecule has 1 aromatic rings. The van der Waals surface area contributed by atoms with Gasteiger partial charge in [-0.25, -0.2) is 15.5 Å². The van der Waals surface area contributed by atoms with Crippen LogP contribution in [0, 0.1) is 11.8 Å². The van der Waals surface area contributed by atoms with Crippen LogP contribution < -0.4 is 10.7 Å². The number of hydrazine groups is 1. The molecule has 3 N–H and O–H groups in total. The first-order valence-corrected chi connectivity index (χ1v) is 10.3. The maximum absolute atomic E-state index is 13.2. The van der Waals surface area contributed by atoms with Gasteiger partial charge in [-0.15, -0.1) is 0 Å². The van der Waals surface area contributed by atoms with Gasteiger partial charge in [0.1, 0.15) is 17.0 Å². The van der Waals surface area contributed by atoms with E-state index in [1.54, 1.807) is 18.2 Å². The molecule has 0 aromatic carbocycles. The zero-order chi connectivity index (χ0) is 20.8. The monoisotopic (exact) mass is 423 g/mol. The highest BCUT2D eigenvalue weighted by Gasteiger charge is 2.39. The van der Waals surface area contributed by atoms with Gasteiger partial charge < -0.3 is 5.32 Å². The molecule has 3 amide bonds. The Bertz CT molecular complexity index is 743. The first-order valence-electron chi connectivity index (χ1n) is 9.88. The molecular weight excluding hydrogens is 398 g/mol. The molecule has 1 aromatic heterocycles. The summed E-state index contributed by atoms with van der Waals surface area (Å²) in [7, 11) is 0. The van der Waals surface area contributed by atoms with Gasteiger partial charge in [0.25, 0.3) is 0 Å². The normalized spacial score (nSPS) is 20.5. The van der Waals surface area contributed by atoms with Crippen LogP contribution in [-0.4, -0.2) is 57.6 Å². The van der Waals surface area contributed by atoms with Gasteiger partial charge in [0.15, 0.2) is 0 Å². The van der Waals surface area contributed by atoms with Crippen molar-refractivity contribution in [3.63, 3.8) is 0 Å². The van der Waals surface area contributed by atoms with Gasteiger partial charge >= 0.3 is 0 Å². The number of amides is 3. The van der Waals surface area contributed by atoms with Crippen molar-refractivity contribution in [1.29, 1.82) is 0 Å². The third-order valence-corrected chi connectivity index (χ3v) is 5.70. The number of rotatable bonds is 8. The van der Waals surface area contributed by atoms with Crippen LogP contribution in [0.5, 0.6) is 0 Å². The van der Waals surface area contributed by atoms with E-state index in [1.807, 2.05) is 0 Å². The molecule has 10 heteroatoms. The Kier molecular flexibility index (Phi) is 7.40. The van der Waals surface area contributed by atoms with Crippen LogP contribution in [0.4, 0.5) is 5.82 Å². The average Bonchev–Trinajstić information content (AvgIpc) is 3.38. The topological polar surface area (TPSA) is 115 Å². The Balaban J connectivity index is 1.69. The summed E-state index contributed by atoms with van der Waals surface area (Å²) in [6, 6.07) is 4.19. The molecule has 1 aliphatic heterocycles. The number of hydroxylamine groups is 2. The largest absolute Gasteiger partial charge is 0.309 e. The van der Waals surface area contributed by atoms with Crippen molar-refractivity contribution in [3.8, 4) is 0 Å². The summed E-state index contributed by atoms with van der Waals surface area (Å²) in [6.07, 6.45) is 5.64. The molecule has 2 atom stereocenters. The van der Waals surface area contributed by atoms with Gasteiger partial charge in [-0.3, -0.25) is 24.6 Å². The maximum Gasteiger partial charge on any atom is 0.250 e. The first kappa shape index (κ1) is 21.5. The highest BCUT2D eigenvalue weighted by molar-refractivity contribution is 6.29. The predicted octanol–water partition coefficient (Wildman–Crippen LogP) is 1.82. The number of halogens is 1. The SMILES string of the molecule is O=CN(O)CC(CC1CCCC1)C(=O)N1NCCC1C(=O)Nc1cccc(Cl)n1. The lowest BCUT2D eigenvalue weighted by molar-refractivity contribution is -0.159. The van der Waals surface area contributed by atoms with E-state index < -0.39 is 12.0 Å². The number of anilines is 1. The number of hydrogen-bond acceptors (Lipinski definition) is 6. The van der Waals surface area contributed by atoms with E-state index in [0.29, 0.717) is 42.6 Å². The van der Waals surface area contributed by atoms with E-state index in [2.05, 4.69) is 15.7 Å². The summed E-state index contributed by atoms with van der Waals surface area (Å²) in [4.78, 5) is 40.9. The quantitative estimate of drug-likeness (QED) is 0.254. The zero-order valence-electron chi connectivity index (χ0n) is 16.1. The molecule has 2 aliphatic rings. The lowest BCUT2D eigenvalue weighted by Crippen LogP contribution is -2.51. The highest BCUT2D eigenvalue weighted by atomic mass is 35.5. The standard InChI is InChI=1S/C19H26ClN5O4/c20-16-6-3-7-17(22-16)23-18(27)15-8-9-21-25(15)19(28)14(11-24(29)12-26)10-13-4-1-2-5-13/h3,6-7,12-15,21,29H,1-2,4-5,8-11H2,(H,22,23,27). The molecule has 2 fully saturated rings. The summed E-state index contributed by atoms with van der Waals surface area (Å²) in [6.45, 7) is 0.376. The Morgan fingerprint density at radius 2 is 2.14 bits per heavy atom. The molecule has 2 heterocycles. The van der Waals surface area contributed by atoms with E-state index in [4.69, 9.17) is 11.6 Å². The number of carbonyl (C=O) groups excluding carboxylic acids is 3. The van der Waals surface area contributed by atoms with Crippen LogP contribution in [0.15, 0.2) is 18.2 Å². The molecule has 3 rings (SSSR count). The summed E-state index contributed by atoms with van der Waals surface area (Å²) in [5.74, 6) is -0.552. The molecule has 0 bridgehead atoms. The fourth-order valence-electron chi connectivity index (χ4n) is 4.10. The molecule has 1 aliphatic carbocycles. The van der Waals surface area contributed by atoms with Crippen LogP contribution in [-0.2, 0) is 14.4 Å². The first-order chi connectivity index (χ1) is 14.0. The lowest BCUT2D eigenvalue weighted by Gasteiger charge is -2.29. The Hall–Kier alpha value is -2.23. The van der Waals surface area contributed by atoms with Crippen LogP contribution >= 0.6 is 11.6 Å². The van der Waals surface area contributed by atoms with Crippen LogP contribution in [0.3, 0.4) is 0 Å². The minimum atomic E-state index is -0.710. The van der Waals surface area contributed by atoms with Crippen molar-refractivity contribution in [2.24, 2.45) is 11.8 Å². The molecule has 29 heavy (non-hydrogen) atoms. The smallest absolute Gasteiger partial charge is 0.250 e. The summed E-state index contributed by atoms with van der Waals surface area (Å²) < 4.78 is 0. The second-order valence-electron chi connectivity index (χ2n) is 7.57. The summed E-state index contributed by atoms with van der Waals surface area (Å²) in [5, 5.41) is 14.4. The number of nitrogens with one attached hydrogen (secondary N) is 2. The van der Waals surface area contributed by atoms with Crippen molar-refractivity contribution in [1.82, 2.24) is 20.5 Å². The fraction of sp³-hybridized carbons (Fsp3) is 0.579. The minimum absolute atomic E-state index is 0.0960. The Morgan fingerprint density at radius 1 is 1.38 bits per heavy atom. The van der Waals surface area contributed by atoms with Crippen LogP contribution in [0.2, 0.25) is 5.15 Å². The lowest BCUT2D eigenvalue weighted by atomic mass is 9.92. The molecule has 0 spiro atoms. The van der Waals surface area contributed by atoms with E-state index in [1.165, 1.54) is 5.01 Å². The molecule has 1 saturated heterocycles. The number of carbonyl (C=O) groups is 3. The minimum Gasteiger partial charge on any atom is -0.309 e. The third-order valence-electron chi connectivity index (χ3n) is 5.49. The van der Waals surface area contributed by atoms with Crippen molar-refractivity contribution in [3.05, 3.63) is 23.4 Å². The molecular formula is C19H26ClN5O4. The highest BCUT2D eigenvalue weighted by Crippen LogP contribution is 2.31. The van der Waals surface area contributed by atoms with Gasteiger partial charge in [0.05, 0.1) is 12.5 Å². The Labute approximate surface area is 174 Å². The van der Waals surface area contributed by atoms with Crippen molar-refractivity contribution in [2.45, 2.75) is 44.6 Å². The maximum atomic E-state index is 13.2. The van der Waals surface area contributed by atoms with Gasteiger partial charge in [-0.2, -0.15) is 0 Å².